The van der Waals surface area contributed by atoms with Crippen LogP contribution in [0.1, 0.15) is 44.1 Å². The van der Waals surface area contributed by atoms with Crippen LogP contribution in [0.5, 0.6) is 0 Å². The van der Waals surface area contributed by atoms with Gasteiger partial charge in [0.15, 0.2) is 0 Å². The number of hydrogen-bond donors (Lipinski definition) is 0. The van der Waals surface area contributed by atoms with E-state index in [1.165, 1.54) is 24.8 Å². The Hall–Kier alpha value is -1.57. The Kier molecular flexibility index (Phi) is 4.78. The van der Waals surface area contributed by atoms with Crippen LogP contribution in [0.25, 0.3) is 0 Å². The Morgan fingerprint density at radius 2 is 2.05 bits per heavy atom. The third kappa shape index (κ3) is 3.46. The van der Waals surface area contributed by atoms with Crippen molar-refractivity contribution in [2.45, 2.75) is 38.5 Å². The largest absolute Gasteiger partial charge is 0.463 e. The normalized spacial score (nSPS) is 22.2. The molecule has 19 heavy (non-hydrogen) atoms. The van der Waals surface area contributed by atoms with Crippen molar-refractivity contribution in [3.8, 4) is 0 Å². The maximum atomic E-state index is 11.7. The van der Waals surface area contributed by atoms with Crippen molar-refractivity contribution in [3.05, 3.63) is 48.0 Å². The van der Waals surface area contributed by atoms with Crippen molar-refractivity contribution in [1.82, 2.24) is 0 Å². The molecule has 2 rings (SSSR count). The lowest BCUT2D eigenvalue weighted by Gasteiger charge is -2.20. The van der Waals surface area contributed by atoms with E-state index in [0.29, 0.717) is 24.0 Å². The Bertz CT molecular complexity index is 436. The molecule has 0 spiro atoms. The molecule has 0 saturated heterocycles. The predicted octanol–water partition coefficient (Wildman–Crippen LogP) is 4.08. The summed E-state index contributed by atoms with van der Waals surface area (Å²) in [6.45, 7) is 6.14. The van der Waals surface area contributed by atoms with Crippen LogP contribution in [0.15, 0.2) is 42.5 Å². The van der Waals surface area contributed by atoms with Gasteiger partial charge >= 0.3 is 5.97 Å². The van der Waals surface area contributed by atoms with Crippen LogP contribution in [0.4, 0.5) is 0 Å². The molecule has 0 unspecified atom stereocenters. The first-order chi connectivity index (χ1) is 9.22. The molecule has 0 radical (unpaired) electrons. The molecule has 1 aliphatic carbocycles. The molecule has 0 aliphatic heterocycles. The number of hydrogen-bond acceptors (Lipinski definition) is 2. The third-order valence-corrected chi connectivity index (χ3v) is 3.96. The standard InChI is InChI=1S/C17H22O2/c1-3-19-17(18)13(2)12-15-10-7-11-16(15)14-8-5-4-6-9-14/h4-6,8-9,15-16H,2-3,7,10-12H2,1H3/t15-,16-/m0/s1. The van der Waals surface area contributed by atoms with E-state index < -0.39 is 0 Å². The maximum absolute atomic E-state index is 11.7. The molecular formula is C17H22O2. The van der Waals surface area contributed by atoms with E-state index >= 15 is 0 Å². The second-order valence-corrected chi connectivity index (χ2v) is 5.24. The van der Waals surface area contributed by atoms with Gasteiger partial charge in [-0.25, -0.2) is 4.79 Å². The zero-order valence-electron chi connectivity index (χ0n) is 11.6. The fourth-order valence-corrected chi connectivity index (χ4v) is 3.05. The quantitative estimate of drug-likeness (QED) is 0.587. The average Bonchev–Trinajstić information content (AvgIpc) is 2.88. The summed E-state index contributed by atoms with van der Waals surface area (Å²) in [5.74, 6) is 0.855. The molecule has 1 fully saturated rings. The molecule has 102 valence electrons. The third-order valence-electron chi connectivity index (χ3n) is 3.96. The first-order valence-corrected chi connectivity index (χ1v) is 7.12. The first kappa shape index (κ1) is 13.9. The van der Waals surface area contributed by atoms with Crippen LogP contribution in [0.2, 0.25) is 0 Å². The molecule has 0 heterocycles. The molecule has 0 bridgehead atoms. The van der Waals surface area contributed by atoms with E-state index in [1.54, 1.807) is 0 Å². The highest BCUT2D eigenvalue weighted by Crippen LogP contribution is 2.42. The second-order valence-electron chi connectivity index (χ2n) is 5.24. The predicted molar refractivity (Wildman–Crippen MR) is 76.9 cm³/mol. The second kappa shape index (κ2) is 6.55. The van der Waals surface area contributed by atoms with Crippen LogP contribution < -0.4 is 0 Å². The molecule has 0 N–H and O–H groups in total. The van der Waals surface area contributed by atoms with E-state index in [2.05, 4.69) is 30.8 Å². The Morgan fingerprint density at radius 1 is 1.32 bits per heavy atom. The maximum Gasteiger partial charge on any atom is 0.333 e. The SMILES string of the molecule is C=C(C[C@@H]1CCC[C@H]1c1ccccc1)C(=O)OCC. The van der Waals surface area contributed by atoms with Crippen LogP contribution in [-0.4, -0.2) is 12.6 Å². The van der Waals surface area contributed by atoms with Gasteiger partial charge in [-0.1, -0.05) is 43.3 Å². The zero-order valence-corrected chi connectivity index (χ0v) is 11.6. The summed E-state index contributed by atoms with van der Waals surface area (Å²) in [7, 11) is 0. The lowest BCUT2D eigenvalue weighted by molar-refractivity contribution is -0.138. The molecule has 1 aromatic rings. The monoisotopic (exact) mass is 258 g/mol. The van der Waals surface area contributed by atoms with Crippen LogP contribution in [0.3, 0.4) is 0 Å². The minimum Gasteiger partial charge on any atom is -0.463 e. The summed E-state index contributed by atoms with van der Waals surface area (Å²) in [5.41, 5.74) is 2.01. The van der Waals surface area contributed by atoms with Gasteiger partial charge in [0.25, 0.3) is 0 Å². The molecule has 1 aromatic carbocycles. The van der Waals surface area contributed by atoms with Gasteiger partial charge in [0.05, 0.1) is 6.61 Å². The van der Waals surface area contributed by atoms with Gasteiger partial charge in [-0.15, -0.1) is 0 Å². The lowest BCUT2D eigenvalue weighted by atomic mass is 9.85. The lowest BCUT2D eigenvalue weighted by Crippen LogP contribution is -2.13. The molecule has 2 heteroatoms. The molecule has 0 aromatic heterocycles. The molecule has 0 amide bonds. The molecule has 2 nitrogen and oxygen atoms in total. The summed E-state index contributed by atoms with van der Waals surface area (Å²) >= 11 is 0. The number of benzene rings is 1. The summed E-state index contributed by atoms with van der Waals surface area (Å²) < 4.78 is 5.02. The molecule has 1 saturated carbocycles. The Balaban J connectivity index is 2.00. The average molecular weight is 258 g/mol. The van der Waals surface area contributed by atoms with Gasteiger partial charge in [-0.2, -0.15) is 0 Å². The van der Waals surface area contributed by atoms with Gasteiger partial charge in [0.1, 0.15) is 0 Å². The number of rotatable bonds is 5. The summed E-state index contributed by atoms with van der Waals surface area (Å²) in [6.07, 6.45) is 4.39. The van der Waals surface area contributed by atoms with E-state index in [-0.39, 0.29) is 5.97 Å². The van der Waals surface area contributed by atoms with Crippen LogP contribution >= 0.6 is 0 Å². The highest BCUT2D eigenvalue weighted by Gasteiger charge is 2.29. The summed E-state index contributed by atoms with van der Waals surface area (Å²) in [4.78, 5) is 11.7. The van der Waals surface area contributed by atoms with Gasteiger partial charge in [0, 0.05) is 5.57 Å². The highest BCUT2D eigenvalue weighted by molar-refractivity contribution is 5.87. The summed E-state index contributed by atoms with van der Waals surface area (Å²) in [5, 5.41) is 0. The van der Waals surface area contributed by atoms with Gasteiger partial charge < -0.3 is 4.74 Å². The van der Waals surface area contributed by atoms with Gasteiger partial charge in [0.2, 0.25) is 0 Å². The fraction of sp³-hybridized carbons (Fsp3) is 0.471. The van der Waals surface area contributed by atoms with Gasteiger partial charge in [-0.3, -0.25) is 0 Å². The minimum atomic E-state index is -0.235. The van der Waals surface area contributed by atoms with E-state index in [0.717, 1.165) is 6.42 Å². The van der Waals surface area contributed by atoms with Crippen molar-refractivity contribution in [2.75, 3.05) is 6.61 Å². The number of carbonyl (C=O) groups excluding carboxylic acids is 1. The number of esters is 1. The van der Waals surface area contributed by atoms with E-state index in [4.69, 9.17) is 4.74 Å². The van der Waals surface area contributed by atoms with Gasteiger partial charge in [-0.05, 0) is 43.6 Å². The van der Waals surface area contributed by atoms with Crippen molar-refractivity contribution in [2.24, 2.45) is 5.92 Å². The van der Waals surface area contributed by atoms with Crippen molar-refractivity contribution in [1.29, 1.82) is 0 Å². The van der Waals surface area contributed by atoms with Crippen molar-refractivity contribution < 1.29 is 9.53 Å². The zero-order chi connectivity index (χ0) is 13.7. The van der Waals surface area contributed by atoms with E-state index in [9.17, 15) is 4.79 Å². The van der Waals surface area contributed by atoms with E-state index in [1.807, 2.05) is 13.0 Å². The Morgan fingerprint density at radius 3 is 2.74 bits per heavy atom. The van der Waals surface area contributed by atoms with Crippen LogP contribution in [-0.2, 0) is 9.53 Å². The molecule has 1 aliphatic rings. The smallest absolute Gasteiger partial charge is 0.333 e. The fourth-order valence-electron chi connectivity index (χ4n) is 3.05. The Labute approximate surface area is 115 Å². The van der Waals surface area contributed by atoms with Crippen LogP contribution in [0, 0.1) is 5.92 Å². The van der Waals surface area contributed by atoms with Crippen molar-refractivity contribution >= 4 is 5.97 Å². The minimum absolute atomic E-state index is 0.235. The molecule has 2 atom stereocenters. The summed E-state index contributed by atoms with van der Waals surface area (Å²) in [6, 6.07) is 10.6. The topological polar surface area (TPSA) is 26.3 Å². The number of carbonyl (C=O) groups is 1. The highest BCUT2D eigenvalue weighted by atomic mass is 16.5. The van der Waals surface area contributed by atoms with Crippen molar-refractivity contribution in [3.63, 3.8) is 0 Å². The first-order valence-electron chi connectivity index (χ1n) is 7.12. The number of ether oxygens (including phenoxy) is 1. The molecular weight excluding hydrogens is 236 g/mol.